The summed E-state index contributed by atoms with van der Waals surface area (Å²) in [5.41, 5.74) is 0. The Bertz CT molecular complexity index is 687. The molecule has 1 heterocycles. The number of hydrogen-bond acceptors (Lipinski definition) is 12. The summed E-state index contributed by atoms with van der Waals surface area (Å²) in [6, 6.07) is 4.63. The van der Waals surface area contributed by atoms with E-state index in [2.05, 4.69) is 19.6 Å². The Morgan fingerprint density at radius 1 is 0.333 bits per heavy atom. The molecule has 288 valence electrons. The van der Waals surface area contributed by atoms with Gasteiger partial charge < -0.3 is 52.2 Å². The molecule has 48 heavy (non-hydrogen) atoms. The van der Waals surface area contributed by atoms with Crippen LogP contribution in [-0.2, 0) is 52.2 Å². The highest BCUT2D eigenvalue weighted by Gasteiger charge is 2.57. The van der Waals surface area contributed by atoms with Crippen LogP contribution in [-0.4, -0.2) is 112 Å². The highest BCUT2D eigenvalue weighted by Crippen LogP contribution is 2.40. The Morgan fingerprint density at radius 2 is 0.500 bits per heavy atom. The first-order chi connectivity index (χ1) is 22.8. The molecule has 0 spiro atoms. The van der Waals surface area contributed by atoms with E-state index in [1.54, 1.807) is 0 Å². The van der Waals surface area contributed by atoms with Gasteiger partial charge >= 0.3 is 52.1 Å². The Morgan fingerprint density at radius 3 is 0.646 bits per heavy atom. The zero-order valence-corrected chi connectivity index (χ0v) is 38.6. The molecule has 1 rings (SSSR count). The first-order valence-corrected chi connectivity index (χ1v) is 32.0. The fourth-order valence-electron chi connectivity index (χ4n) is 6.62. The molecule has 0 aliphatic carbocycles. The normalized spacial score (nSPS) is 24.0. The van der Waals surface area contributed by atoms with Crippen LogP contribution in [0.2, 0.25) is 55.9 Å². The van der Waals surface area contributed by atoms with Gasteiger partial charge in [-0.1, -0.05) is 0 Å². The van der Waals surface area contributed by atoms with Crippen molar-refractivity contribution in [3.8, 4) is 0 Å². The van der Waals surface area contributed by atoms with E-state index in [-0.39, 0.29) is 0 Å². The second-order valence-corrected chi connectivity index (χ2v) is 31.2. The van der Waals surface area contributed by atoms with E-state index in [0.717, 1.165) is 55.5 Å². The van der Waals surface area contributed by atoms with Gasteiger partial charge in [0.15, 0.2) is 0 Å². The lowest BCUT2D eigenvalue weighted by molar-refractivity contribution is 0.0703. The molecular formula is C30H72O12Si6. The third-order valence-electron chi connectivity index (χ3n) is 7.92. The van der Waals surface area contributed by atoms with Crippen molar-refractivity contribution in [2.24, 2.45) is 0 Å². The highest BCUT2D eigenvalue weighted by molar-refractivity contribution is 6.93. The van der Waals surface area contributed by atoms with Gasteiger partial charge in [-0.2, -0.15) is 0 Å². The lowest BCUT2D eigenvalue weighted by atomic mass is 10.6. The van der Waals surface area contributed by atoms with Gasteiger partial charge in [-0.05, 0) is 119 Å². The molecule has 0 amide bonds. The zero-order valence-electron chi connectivity index (χ0n) is 32.6. The minimum atomic E-state index is -2.79. The van der Waals surface area contributed by atoms with Crippen molar-refractivity contribution in [3.63, 3.8) is 0 Å². The molecule has 0 aromatic heterocycles. The number of hydrogen-bond donors (Lipinski definition) is 0. The molecule has 0 aromatic carbocycles. The lowest BCUT2D eigenvalue weighted by Gasteiger charge is -2.51. The van der Waals surface area contributed by atoms with Gasteiger partial charge in [0.05, 0.1) is 0 Å². The molecule has 0 unspecified atom stereocenters. The summed E-state index contributed by atoms with van der Waals surface area (Å²) >= 11 is 0. The van der Waals surface area contributed by atoms with Crippen molar-refractivity contribution >= 4 is 52.1 Å². The van der Waals surface area contributed by atoms with Crippen LogP contribution in [0.1, 0.15) is 81.6 Å². The van der Waals surface area contributed by atoms with Gasteiger partial charge in [-0.15, -0.1) is 0 Å². The van der Waals surface area contributed by atoms with Crippen LogP contribution in [0.4, 0.5) is 0 Å². The first-order valence-electron chi connectivity index (χ1n) is 18.6. The minimum absolute atomic E-state index is 0.559. The molecule has 12 nitrogen and oxygen atoms in total. The van der Waals surface area contributed by atoms with Gasteiger partial charge in [0.2, 0.25) is 0 Å². The quantitative estimate of drug-likeness (QED) is 0.0669. The second-order valence-electron chi connectivity index (χ2n) is 12.2. The van der Waals surface area contributed by atoms with Crippen LogP contribution >= 0.6 is 0 Å². The number of rotatable bonds is 30. The van der Waals surface area contributed by atoms with Crippen LogP contribution in [0.5, 0.6) is 0 Å². The summed E-state index contributed by atoms with van der Waals surface area (Å²) in [5, 5.41) is 0. The van der Waals surface area contributed by atoms with E-state index in [1.807, 2.05) is 62.3 Å². The van der Waals surface area contributed by atoms with Gasteiger partial charge in [0.1, 0.15) is 0 Å². The largest absolute Gasteiger partial charge is 0.500 e. The molecule has 0 radical (unpaired) electrons. The second kappa shape index (κ2) is 23.5. The van der Waals surface area contributed by atoms with E-state index < -0.39 is 52.1 Å². The van der Waals surface area contributed by atoms with Crippen LogP contribution in [0.3, 0.4) is 0 Å². The van der Waals surface area contributed by atoms with Crippen molar-refractivity contribution < 1.29 is 52.2 Å². The standard InChI is InChI=1S/C30H72O12Si6/c1-13-31-46(32-14-2,33-15-3)28-22-25-43(10)40-44(11,26-23-29-47(34-16-4,35-17-5)36-18-6)42-45(12,41-43)27-24-30-48(37-19-7,38-20-8)39-21-9/h13-30H2,1-12H3. The average Bonchev–Trinajstić information content (AvgIpc) is 2.97. The third-order valence-corrected chi connectivity index (χ3v) is 31.5. The van der Waals surface area contributed by atoms with Gasteiger partial charge in [0.25, 0.3) is 0 Å². The summed E-state index contributed by atoms with van der Waals surface area (Å²) in [7, 11) is -16.4. The maximum atomic E-state index is 7.10. The Labute approximate surface area is 300 Å². The molecule has 0 N–H and O–H groups in total. The molecule has 1 fully saturated rings. The fraction of sp³-hybridized carbons (Fsp3) is 1.00. The maximum Gasteiger partial charge on any atom is 0.500 e. The molecule has 18 heteroatoms. The van der Waals surface area contributed by atoms with E-state index in [9.17, 15) is 0 Å². The molecule has 0 bridgehead atoms. The zero-order chi connectivity index (χ0) is 36.2. The summed E-state index contributed by atoms with van der Waals surface area (Å²) in [4.78, 5) is 0. The van der Waals surface area contributed by atoms with Gasteiger partial charge in [0, 0.05) is 77.6 Å². The van der Waals surface area contributed by atoms with Crippen molar-refractivity contribution in [3.05, 3.63) is 0 Å². The Kier molecular flexibility index (Phi) is 22.9. The molecule has 0 aromatic rings. The van der Waals surface area contributed by atoms with Gasteiger partial charge in [-0.25, -0.2) is 0 Å². The van der Waals surface area contributed by atoms with Crippen molar-refractivity contribution in [1.29, 1.82) is 0 Å². The average molecular weight is 793 g/mol. The van der Waals surface area contributed by atoms with E-state index >= 15 is 0 Å². The smallest absolute Gasteiger partial charge is 0.416 e. The monoisotopic (exact) mass is 792 g/mol. The predicted molar refractivity (Wildman–Crippen MR) is 203 cm³/mol. The van der Waals surface area contributed by atoms with Gasteiger partial charge in [-0.3, -0.25) is 0 Å². The lowest BCUT2D eigenvalue weighted by Crippen LogP contribution is -2.67. The van der Waals surface area contributed by atoms with E-state index in [4.69, 9.17) is 52.2 Å². The predicted octanol–water partition coefficient (Wildman–Crippen LogP) is 7.58. The SMILES string of the molecule is CCO[Si](CCC[Si]1(C)O[Si](C)(CCC[Si](OCC)(OCC)OCC)O[Si](C)(CCC[Si](OCC)(OCC)OCC)O1)(OCC)OCC. The summed E-state index contributed by atoms with van der Waals surface area (Å²) in [6.45, 7) is 29.6. The summed E-state index contributed by atoms with van der Waals surface area (Å²) in [5.74, 6) is 0. The molecule has 1 saturated heterocycles. The van der Waals surface area contributed by atoms with Crippen molar-refractivity contribution in [1.82, 2.24) is 0 Å². The Hall–Kier alpha value is 0.821. The first kappa shape index (κ1) is 46.8. The van der Waals surface area contributed by atoms with Crippen LogP contribution in [0, 0.1) is 0 Å². The summed E-state index contributed by atoms with van der Waals surface area (Å²) < 4.78 is 76.7. The summed E-state index contributed by atoms with van der Waals surface area (Å²) in [6.07, 6.45) is 2.52. The van der Waals surface area contributed by atoms with E-state index in [1.165, 1.54) is 0 Å². The maximum absolute atomic E-state index is 7.10. The van der Waals surface area contributed by atoms with Crippen molar-refractivity contribution in [2.75, 3.05) is 59.5 Å². The molecule has 0 atom stereocenters. The van der Waals surface area contributed by atoms with Crippen LogP contribution in [0.25, 0.3) is 0 Å². The molecule has 1 aliphatic rings. The Balaban J connectivity index is 3.28. The molecular weight excluding hydrogens is 721 g/mol. The van der Waals surface area contributed by atoms with Crippen LogP contribution < -0.4 is 0 Å². The highest BCUT2D eigenvalue weighted by atomic mass is 28.5. The van der Waals surface area contributed by atoms with Crippen LogP contribution in [0.15, 0.2) is 0 Å². The molecule has 1 aliphatic heterocycles. The minimum Gasteiger partial charge on any atom is -0.416 e. The fourth-order valence-corrected chi connectivity index (χ4v) is 33.0. The third kappa shape index (κ3) is 15.8. The topological polar surface area (TPSA) is 111 Å². The molecule has 0 saturated carbocycles. The van der Waals surface area contributed by atoms with E-state index in [0.29, 0.717) is 59.5 Å². The van der Waals surface area contributed by atoms with Crippen molar-refractivity contribution in [2.45, 2.75) is 137 Å².